The summed E-state index contributed by atoms with van der Waals surface area (Å²) in [6, 6.07) is 0. The minimum Gasteiger partial charge on any atom is -0.299 e. The molecule has 0 radical (unpaired) electrons. The Hall–Kier alpha value is -1.25. The molecule has 3 heteroatoms. The van der Waals surface area contributed by atoms with Crippen LogP contribution >= 0.6 is 0 Å². The molecule has 0 aromatic carbocycles. The van der Waals surface area contributed by atoms with Crippen molar-refractivity contribution in [2.45, 2.75) is 47.0 Å². The summed E-state index contributed by atoms with van der Waals surface area (Å²) >= 11 is 0. The van der Waals surface area contributed by atoms with Crippen LogP contribution in [-0.4, -0.2) is 17.9 Å². The van der Waals surface area contributed by atoms with Gasteiger partial charge in [-0.15, -0.1) is 0 Å². The maximum Gasteiger partial charge on any atom is 0.160 e. The van der Waals surface area contributed by atoms with E-state index in [4.69, 9.17) is 0 Å². The molecule has 0 N–H and O–H groups in total. The monoisotopic (exact) mass is 248 g/mol. The second kappa shape index (κ2) is 3.87. The summed E-state index contributed by atoms with van der Waals surface area (Å²) in [7, 11) is 0. The zero-order valence-electron chi connectivity index (χ0n) is 11.5. The lowest BCUT2D eigenvalue weighted by atomic mass is 9.56. The Balaban J connectivity index is 2.37. The Bertz CT molecular complexity index is 470. The van der Waals surface area contributed by atoms with Gasteiger partial charge in [-0.2, -0.15) is 0 Å². The molecule has 3 nitrogen and oxygen atoms in total. The first kappa shape index (κ1) is 13.2. The average Bonchev–Trinajstić information content (AvgIpc) is 2.51. The first-order valence-electron chi connectivity index (χ1n) is 6.44. The third-order valence-electron chi connectivity index (χ3n) is 4.52. The predicted octanol–water partition coefficient (Wildman–Crippen LogP) is 2.49. The molecule has 0 saturated heterocycles. The van der Waals surface area contributed by atoms with E-state index in [1.54, 1.807) is 6.92 Å². The number of ketones is 2. The molecule has 0 heterocycles. The van der Waals surface area contributed by atoms with E-state index in [2.05, 4.69) is 13.8 Å². The first-order valence-corrected chi connectivity index (χ1v) is 6.44. The van der Waals surface area contributed by atoms with E-state index in [-0.39, 0.29) is 22.9 Å². The highest BCUT2D eigenvalue weighted by Crippen LogP contribution is 2.57. The van der Waals surface area contributed by atoms with Crippen molar-refractivity contribution in [1.82, 2.24) is 0 Å². The molecule has 0 amide bonds. The van der Waals surface area contributed by atoms with Gasteiger partial charge in [-0.25, -0.2) is 0 Å². The van der Waals surface area contributed by atoms with Crippen LogP contribution in [0.25, 0.3) is 0 Å². The van der Waals surface area contributed by atoms with Crippen molar-refractivity contribution in [3.8, 4) is 0 Å². The lowest BCUT2D eigenvalue weighted by Crippen LogP contribution is -2.46. The maximum atomic E-state index is 12.2. The Morgan fingerprint density at radius 2 is 1.83 bits per heavy atom. The second-order valence-corrected chi connectivity index (χ2v) is 6.76. The van der Waals surface area contributed by atoms with Crippen molar-refractivity contribution in [1.29, 1.82) is 0 Å². The van der Waals surface area contributed by atoms with E-state index < -0.39 is 5.41 Å². The predicted molar refractivity (Wildman–Crippen MR) is 68.0 cm³/mol. The van der Waals surface area contributed by atoms with Gasteiger partial charge in [0.05, 0.1) is 0 Å². The molecule has 98 valence electrons. The van der Waals surface area contributed by atoms with E-state index in [1.165, 1.54) is 0 Å². The Labute approximate surface area is 108 Å². The summed E-state index contributed by atoms with van der Waals surface area (Å²) < 4.78 is 0. The Morgan fingerprint density at radius 3 is 2.22 bits per heavy atom. The Kier molecular flexibility index (Phi) is 2.84. The van der Waals surface area contributed by atoms with Crippen molar-refractivity contribution in [3.63, 3.8) is 0 Å². The molecule has 0 aromatic rings. The number of carbonyl (C=O) groups is 3. The van der Waals surface area contributed by atoms with Gasteiger partial charge in [0.2, 0.25) is 0 Å². The highest BCUT2D eigenvalue weighted by Gasteiger charge is 2.56. The molecule has 0 unspecified atom stereocenters. The summed E-state index contributed by atoms with van der Waals surface area (Å²) in [6.07, 6.45) is 2.52. The molecule has 0 bridgehead atoms. The third kappa shape index (κ3) is 1.76. The molecule has 2 rings (SSSR count). The maximum absolute atomic E-state index is 12.2. The van der Waals surface area contributed by atoms with Gasteiger partial charge >= 0.3 is 0 Å². The van der Waals surface area contributed by atoms with Crippen molar-refractivity contribution < 1.29 is 14.4 Å². The zero-order chi connectivity index (χ0) is 13.7. The number of rotatable bonds is 2. The number of aldehydes is 1. The van der Waals surface area contributed by atoms with Crippen molar-refractivity contribution in [2.24, 2.45) is 16.7 Å². The van der Waals surface area contributed by atoms with Gasteiger partial charge in [0.25, 0.3) is 0 Å². The van der Waals surface area contributed by atoms with Gasteiger partial charge in [-0.3, -0.25) is 14.4 Å². The summed E-state index contributed by atoms with van der Waals surface area (Å²) in [4.78, 5) is 34.8. The van der Waals surface area contributed by atoms with Gasteiger partial charge < -0.3 is 0 Å². The van der Waals surface area contributed by atoms with Gasteiger partial charge in [0.1, 0.15) is 12.1 Å². The van der Waals surface area contributed by atoms with Crippen LogP contribution in [0.2, 0.25) is 0 Å². The van der Waals surface area contributed by atoms with Crippen LogP contribution in [0.4, 0.5) is 0 Å². The van der Waals surface area contributed by atoms with Crippen LogP contribution in [0.15, 0.2) is 11.1 Å². The molecule has 18 heavy (non-hydrogen) atoms. The second-order valence-electron chi connectivity index (χ2n) is 6.76. The van der Waals surface area contributed by atoms with E-state index >= 15 is 0 Å². The van der Waals surface area contributed by atoms with Gasteiger partial charge in [0, 0.05) is 29.7 Å². The van der Waals surface area contributed by atoms with Gasteiger partial charge in [0.15, 0.2) is 5.78 Å². The molecule has 0 spiro atoms. The van der Waals surface area contributed by atoms with Crippen LogP contribution in [0, 0.1) is 16.7 Å². The zero-order valence-corrected chi connectivity index (χ0v) is 11.5. The molecular weight excluding hydrogens is 228 g/mol. The molecule has 2 aliphatic rings. The minimum absolute atomic E-state index is 0.0175. The van der Waals surface area contributed by atoms with E-state index in [0.29, 0.717) is 24.0 Å². The summed E-state index contributed by atoms with van der Waals surface area (Å²) in [5.41, 5.74) is 0.691. The number of hydrogen-bond donors (Lipinski definition) is 0. The topological polar surface area (TPSA) is 51.2 Å². The number of allylic oxidation sites excluding steroid dienone is 2. The fourth-order valence-electron chi connectivity index (χ4n) is 3.66. The Morgan fingerprint density at radius 1 is 1.22 bits per heavy atom. The van der Waals surface area contributed by atoms with Crippen LogP contribution in [0.3, 0.4) is 0 Å². The highest BCUT2D eigenvalue weighted by atomic mass is 16.1. The summed E-state index contributed by atoms with van der Waals surface area (Å²) in [5, 5.41) is 0. The molecular formula is C15H20O3. The van der Waals surface area contributed by atoms with E-state index in [1.807, 2.05) is 6.92 Å². The third-order valence-corrected chi connectivity index (χ3v) is 4.52. The quantitative estimate of drug-likeness (QED) is 0.557. The SMILES string of the molecule is C/C(C=O)=C1\C(=O)C[C@]1(C)[C@H]1CC(C)(C)CC1=O. The van der Waals surface area contributed by atoms with Crippen LogP contribution in [0.5, 0.6) is 0 Å². The molecule has 2 saturated carbocycles. The lowest BCUT2D eigenvalue weighted by molar-refractivity contribution is -0.131. The molecule has 0 aliphatic heterocycles. The summed E-state index contributed by atoms with van der Waals surface area (Å²) in [6.45, 7) is 7.80. The van der Waals surface area contributed by atoms with Gasteiger partial charge in [-0.05, 0) is 24.3 Å². The fourth-order valence-corrected chi connectivity index (χ4v) is 3.66. The number of Topliss-reactive ketones (excluding diaryl/α,β-unsaturated/α-hetero) is 2. The summed E-state index contributed by atoms with van der Waals surface area (Å²) in [5.74, 6) is 0.168. The normalized spacial score (nSPS) is 37.4. The minimum atomic E-state index is -0.410. The molecule has 0 aromatic heterocycles. The lowest BCUT2D eigenvalue weighted by Gasteiger charge is -2.45. The van der Waals surface area contributed by atoms with Crippen molar-refractivity contribution in [3.05, 3.63) is 11.1 Å². The standard InChI is InChI=1S/C15H20O3/c1-9(8-16)13-12(18)7-15(13,4)10-5-14(2,3)6-11(10)17/h8,10H,5-7H2,1-4H3/b13-9-/t10-,15+/m0/s1. The molecule has 2 atom stereocenters. The van der Waals surface area contributed by atoms with E-state index in [0.717, 1.165) is 12.7 Å². The largest absolute Gasteiger partial charge is 0.299 e. The number of carbonyl (C=O) groups excluding carboxylic acids is 3. The first-order chi connectivity index (χ1) is 8.21. The smallest absolute Gasteiger partial charge is 0.160 e. The molecule has 2 aliphatic carbocycles. The molecule has 2 fully saturated rings. The highest BCUT2D eigenvalue weighted by molar-refractivity contribution is 6.09. The van der Waals surface area contributed by atoms with Crippen LogP contribution < -0.4 is 0 Å². The van der Waals surface area contributed by atoms with Crippen molar-refractivity contribution >= 4 is 17.9 Å². The van der Waals surface area contributed by atoms with Crippen LogP contribution in [0.1, 0.15) is 47.0 Å². The van der Waals surface area contributed by atoms with Crippen molar-refractivity contribution in [2.75, 3.05) is 0 Å². The van der Waals surface area contributed by atoms with Crippen LogP contribution in [-0.2, 0) is 14.4 Å². The van der Waals surface area contributed by atoms with Gasteiger partial charge in [-0.1, -0.05) is 20.8 Å². The fraction of sp³-hybridized carbons (Fsp3) is 0.667. The average molecular weight is 248 g/mol. The number of hydrogen-bond acceptors (Lipinski definition) is 3. The van der Waals surface area contributed by atoms with E-state index in [9.17, 15) is 14.4 Å².